The number of thiocarbonyl (C=S) groups is 1. The normalized spacial score (nSPS) is 16.7. The highest BCUT2D eigenvalue weighted by molar-refractivity contribution is 7.80. The van der Waals surface area contributed by atoms with E-state index >= 15 is 0 Å². The van der Waals surface area contributed by atoms with Gasteiger partial charge in [0.1, 0.15) is 5.75 Å². The van der Waals surface area contributed by atoms with Crippen molar-refractivity contribution >= 4 is 53.0 Å². The van der Waals surface area contributed by atoms with Gasteiger partial charge >= 0.3 is 6.36 Å². The molecule has 1 atom stereocenters. The molecule has 1 aliphatic heterocycles. The second kappa shape index (κ2) is 10.8. The molecular formula is C29H24F3N5OS. The number of aliphatic imine (C=N–C) groups is 1. The van der Waals surface area contributed by atoms with Crippen LogP contribution in [0.1, 0.15) is 30.9 Å². The average molecular weight is 548 g/mol. The Morgan fingerprint density at radius 3 is 2.62 bits per heavy atom. The van der Waals surface area contributed by atoms with Crippen molar-refractivity contribution < 1.29 is 17.9 Å². The zero-order chi connectivity index (χ0) is 27.6. The van der Waals surface area contributed by atoms with Gasteiger partial charge in [-0.15, -0.1) is 18.3 Å². The van der Waals surface area contributed by atoms with Crippen molar-refractivity contribution in [3.63, 3.8) is 0 Å². The third-order valence-electron chi connectivity index (χ3n) is 6.26. The topological polar surface area (TPSA) is 61.6 Å². The standard InChI is InChI=1S/C29H24F3N5OS/c1-18(2)23-5-3-4-6-25(23)35-28(39)36-34-16-19-7-13-24-20(15-19)8-14-26-27(24)33-17-37(26)21-9-11-22(12-10-21)38-29(30,31)32/h3-18,26H,1-2H3,(H,35,39)/b19-16+,36-34?. The Bertz CT molecular complexity index is 1610. The number of nitrogens with one attached hydrogen (secondary N) is 1. The van der Waals surface area contributed by atoms with E-state index in [-0.39, 0.29) is 16.9 Å². The second-order valence-corrected chi connectivity index (χ2v) is 9.63. The van der Waals surface area contributed by atoms with E-state index in [1.165, 1.54) is 12.1 Å². The van der Waals surface area contributed by atoms with Gasteiger partial charge in [0.15, 0.2) is 0 Å². The maximum Gasteiger partial charge on any atom is 0.573 e. The van der Waals surface area contributed by atoms with E-state index < -0.39 is 6.36 Å². The molecule has 0 aromatic heterocycles. The number of fused-ring (bicyclic) bond motifs is 2. The van der Waals surface area contributed by atoms with Crippen molar-refractivity contribution in [2.45, 2.75) is 32.2 Å². The quantitative estimate of drug-likeness (QED) is 0.299. The smallest absolute Gasteiger partial charge is 0.406 e. The molecule has 1 aliphatic carbocycles. The lowest BCUT2D eigenvalue weighted by molar-refractivity contribution is -0.274. The van der Waals surface area contributed by atoms with Crippen molar-refractivity contribution in [2.75, 3.05) is 10.2 Å². The molecule has 0 amide bonds. The van der Waals surface area contributed by atoms with Crippen LogP contribution in [-0.4, -0.2) is 23.9 Å². The Balaban J connectivity index is 1.31. The minimum Gasteiger partial charge on any atom is -0.406 e. The fraction of sp³-hybridized carbons (Fsp3) is 0.172. The van der Waals surface area contributed by atoms with Gasteiger partial charge < -0.3 is 15.0 Å². The van der Waals surface area contributed by atoms with Crippen LogP contribution in [0.2, 0.25) is 0 Å². The molecule has 0 fully saturated rings. The van der Waals surface area contributed by atoms with E-state index in [4.69, 9.17) is 12.2 Å². The molecule has 0 bridgehead atoms. The van der Waals surface area contributed by atoms with Crippen molar-refractivity contribution in [3.8, 4) is 5.75 Å². The first-order valence-electron chi connectivity index (χ1n) is 12.2. The summed E-state index contributed by atoms with van der Waals surface area (Å²) in [5, 5.41) is 13.5. The second-order valence-electron chi connectivity index (χ2n) is 9.25. The zero-order valence-electron chi connectivity index (χ0n) is 21.1. The minimum absolute atomic E-state index is 0.168. The Morgan fingerprint density at radius 1 is 1.10 bits per heavy atom. The SMILES string of the molecule is CC(C)c1ccccc1NC(=S)N=N/C=c1\ccc2c(c1)C=CC1C=2N=CN1c1ccc(OC(F)(F)F)cc1. The maximum absolute atomic E-state index is 12.5. The Kier molecular flexibility index (Phi) is 7.30. The minimum atomic E-state index is -4.73. The summed E-state index contributed by atoms with van der Waals surface area (Å²) in [6.07, 6.45) is 2.59. The fourth-order valence-electron chi connectivity index (χ4n) is 4.49. The van der Waals surface area contributed by atoms with Gasteiger partial charge in [0.25, 0.3) is 0 Å². The Hall–Kier alpha value is -4.31. The van der Waals surface area contributed by atoms with Crippen molar-refractivity contribution in [2.24, 2.45) is 15.2 Å². The molecule has 5 rings (SSSR count). The van der Waals surface area contributed by atoms with Crippen LogP contribution in [-0.2, 0) is 0 Å². The Labute approximate surface area is 228 Å². The largest absolute Gasteiger partial charge is 0.573 e. The third kappa shape index (κ3) is 6.06. The van der Waals surface area contributed by atoms with E-state index in [2.05, 4.69) is 45.2 Å². The molecule has 3 aromatic carbocycles. The highest BCUT2D eigenvalue weighted by Crippen LogP contribution is 2.31. The van der Waals surface area contributed by atoms with Crippen LogP contribution in [0, 0.1) is 0 Å². The van der Waals surface area contributed by atoms with E-state index in [0.29, 0.717) is 11.6 Å². The molecule has 6 nitrogen and oxygen atoms in total. The molecule has 0 spiro atoms. The van der Waals surface area contributed by atoms with Crippen LogP contribution in [0.15, 0.2) is 88.0 Å². The molecule has 1 unspecified atom stereocenters. The van der Waals surface area contributed by atoms with E-state index in [1.54, 1.807) is 24.7 Å². The number of halogens is 3. The van der Waals surface area contributed by atoms with Crippen LogP contribution in [0.4, 0.5) is 24.5 Å². The lowest BCUT2D eigenvalue weighted by Gasteiger charge is -2.24. The lowest BCUT2D eigenvalue weighted by Crippen LogP contribution is -2.33. The van der Waals surface area contributed by atoms with E-state index in [0.717, 1.165) is 32.9 Å². The summed E-state index contributed by atoms with van der Waals surface area (Å²) in [6.45, 7) is 4.24. The molecule has 1 heterocycles. The molecule has 0 saturated carbocycles. The molecular weight excluding hydrogens is 523 g/mol. The molecule has 198 valence electrons. The first kappa shape index (κ1) is 26.3. The number of ether oxygens (including phenoxy) is 1. The zero-order valence-corrected chi connectivity index (χ0v) is 21.9. The Morgan fingerprint density at radius 2 is 1.87 bits per heavy atom. The molecule has 0 saturated heterocycles. The first-order valence-corrected chi connectivity index (χ1v) is 12.6. The maximum atomic E-state index is 12.5. The third-order valence-corrected chi connectivity index (χ3v) is 6.44. The summed E-state index contributed by atoms with van der Waals surface area (Å²) in [7, 11) is 0. The molecule has 2 aliphatic rings. The summed E-state index contributed by atoms with van der Waals surface area (Å²) in [5.74, 6) is 0.0738. The number of alkyl halides is 3. The van der Waals surface area contributed by atoms with Gasteiger partial charge in [-0.1, -0.05) is 56.3 Å². The van der Waals surface area contributed by atoms with Crippen LogP contribution < -0.4 is 25.4 Å². The van der Waals surface area contributed by atoms with Gasteiger partial charge in [0.2, 0.25) is 5.11 Å². The molecule has 39 heavy (non-hydrogen) atoms. The van der Waals surface area contributed by atoms with Gasteiger partial charge in [-0.2, -0.15) is 5.11 Å². The predicted octanol–water partition coefficient (Wildman–Crippen LogP) is 6.35. The lowest BCUT2D eigenvalue weighted by atomic mass is 9.99. The van der Waals surface area contributed by atoms with Gasteiger partial charge in [0.05, 0.1) is 24.3 Å². The van der Waals surface area contributed by atoms with Crippen LogP contribution in [0.5, 0.6) is 5.75 Å². The number of para-hydroxylation sites is 1. The molecule has 3 aromatic rings. The number of benzene rings is 3. The number of hydrogen-bond donors (Lipinski definition) is 1. The van der Waals surface area contributed by atoms with Gasteiger partial charge in [-0.25, -0.2) is 4.99 Å². The molecule has 10 heteroatoms. The van der Waals surface area contributed by atoms with Crippen molar-refractivity contribution in [3.05, 3.63) is 94.4 Å². The van der Waals surface area contributed by atoms with Crippen molar-refractivity contribution in [1.29, 1.82) is 0 Å². The number of anilines is 2. The fourth-order valence-corrected chi connectivity index (χ4v) is 4.65. The predicted molar refractivity (Wildman–Crippen MR) is 152 cm³/mol. The number of azo groups is 1. The molecule has 0 radical (unpaired) electrons. The summed E-state index contributed by atoms with van der Waals surface area (Å²) in [6, 6.07) is 19.4. The van der Waals surface area contributed by atoms with Crippen LogP contribution in [0.25, 0.3) is 18.0 Å². The average Bonchev–Trinajstić information content (AvgIpc) is 3.33. The number of nitrogens with zero attached hydrogens (tertiary/aromatic N) is 4. The first-order chi connectivity index (χ1) is 18.7. The number of hydrogen-bond acceptors (Lipinski definition) is 5. The van der Waals surface area contributed by atoms with E-state index in [9.17, 15) is 13.2 Å². The van der Waals surface area contributed by atoms with Crippen LogP contribution in [0.3, 0.4) is 0 Å². The summed E-state index contributed by atoms with van der Waals surface area (Å²) < 4.78 is 41.4. The van der Waals surface area contributed by atoms with Gasteiger partial charge in [-0.3, -0.25) is 0 Å². The monoisotopic (exact) mass is 547 g/mol. The van der Waals surface area contributed by atoms with Crippen LogP contribution >= 0.6 is 12.2 Å². The molecule has 1 N–H and O–H groups in total. The summed E-state index contributed by atoms with van der Waals surface area (Å²) >= 11 is 5.34. The summed E-state index contributed by atoms with van der Waals surface area (Å²) in [4.78, 5) is 6.49. The highest BCUT2D eigenvalue weighted by Gasteiger charge is 2.31. The van der Waals surface area contributed by atoms with Gasteiger partial charge in [-0.05, 0) is 70.9 Å². The summed E-state index contributed by atoms with van der Waals surface area (Å²) in [5.41, 5.74) is 4.60. The van der Waals surface area contributed by atoms with E-state index in [1.807, 2.05) is 53.5 Å². The van der Waals surface area contributed by atoms with Gasteiger partial charge in [0, 0.05) is 16.6 Å². The van der Waals surface area contributed by atoms with Crippen molar-refractivity contribution in [1.82, 2.24) is 0 Å². The number of rotatable bonds is 5. The highest BCUT2D eigenvalue weighted by atomic mass is 32.1.